The molecule has 4 nitrogen and oxygen atoms in total. The second-order valence-electron chi connectivity index (χ2n) is 5.40. The number of hydrogen-bond donors (Lipinski definition) is 2. The molecule has 0 saturated heterocycles. The second kappa shape index (κ2) is 6.91. The maximum Gasteiger partial charge on any atom is 0.258 e. The predicted molar refractivity (Wildman–Crippen MR) is 78.1 cm³/mol. The number of hydrogen-bond acceptors (Lipinski definition) is 3. The minimum atomic E-state index is -0.583. The Labute approximate surface area is 122 Å². The number of carbonyl (C=O) groups is 1. The average Bonchev–Trinajstić information content (AvgIpc) is 2.33. The molecule has 0 bridgehead atoms. The molecule has 2 N–H and O–H groups in total. The van der Waals surface area contributed by atoms with Gasteiger partial charge in [0.2, 0.25) is 0 Å². The summed E-state index contributed by atoms with van der Waals surface area (Å²) in [5.41, 5.74) is -0.253. The van der Waals surface area contributed by atoms with Crippen LogP contribution in [0.3, 0.4) is 0 Å². The molecular formula is C14H20BrNO3. The lowest BCUT2D eigenvalue weighted by molar-refractivity contribution is -0.123. The molecule has 19 heavy (non-hydrogen) atoms. The zero-order valence-electron chi connectivity index (χ0n) is 11.4. The molecule has 0 radical (unpaired) electrons. The van der Waals surface area contributed by atoms with Crippen LogP contribution in [0.15, 0.2) is 28.7 Å². The van der Waals surface area contributed by atoms with Gasteiger partial charge in [0.1, 0.15) is 5.75 Å². The lowest BCUT2D eigenvalue weighted by Crippen LogP contribution is -2.40. The molecule has 0 saturated carbocycles. The minimum absolute atomic E-state index is 0.0700. The Morgan fingerprint density at radius 1 is 1.42 bits per heavy atom. The first kappa shape index (κ1) is 16.0. The van der Waals surface area contributed by atoms with Crippen LogP contribution in [0.25, 0.3) is 0 Å². The van der Waals surface area contributed by atoms with E-state index in [1.54, 1.807) is 6.07 Å². The van der Waals surface area contributed by atoms with Crippen molar-refractivity contribution in [3.63, 3.8) is 0 Å². The Kier molecular flexibility index (Phi) is 5.82. The third-order valence-electron chi connectivity index (χ3n) is 2.69. The molecule has 0 heterocycles. The van der Waals surface area contributed by atoms with Gasteiger partial charge in [-0.15, -0.1) is 0 Å². The Bertz CT molecular complexity index is 429. The molecule has 0 unspecified atom stereocenters. The highest BCUT2D eigenvalue weighted by Crippen LogP contribution is 2.23. The molecule has 1 rings (SSSR count). The maximum absolute atomic E-state index is 11.6. The highest BCUT2D eigenvalue weighted by molar-refractivity contribution is 9.10. The Hall–Kier alpha value is -1.07. The molecular weight excluding hydrogens is 310 g/mol. The first-order chi connectivity index (χ1) is 8.80. The number of halogens is 1. The van der Waals surface area contributed by atoms with Crippen LogP contribution in [0.5, 0.6) is 5.75 Å². The predicted octanol–water partition coefficient (Wildman–Crippen LogP) is 2.35. The van der Waals surface area contributed by atoms with E-state index in [-0.39, 0.29) is 24.5 Å². The van der Waals surface area contributed by atoms with Gasteiger partial charge in [0.15, 0.2) is 6.61 Å². The molecule has 5 heteroatoms. The van der Waals surface area contributed by atoms with Crippen molar-refractivity contribution < 1.29 is 14.6 Å². The van der Waals surface area contributed by atoms with Crippen molar-refractivity contribution in [3.8, 4) is 5.75 Å². The minimum Gasteiger partial charge on any atom is -0.483 e. The van der Waals surface area contributed by atoms with E-state index < -0.39 is 6.10 Å². The van der Waals surface area contributed by atoms with Crippen LogP contribution < -0.4 is 10.1 Å². The van der Waals surface area contributed by atoms with E-state index in [0.29, 0.717) is 5.75 Å². The van der Waals surface area contributed by atoms with E-state index in [2.05, 4.69) is 21.2 Å². The third kappa shape index (κ3) is 5.61. The fraction of sp³-hybridized carbons (Fsp3) is 0.500. The van der Waals surface area contributed by atoms with Crippen molar-refractivity contribution in [2.45, 2.75) is 26.9 Å². The smallest absolute Gasteiger partial charge is 0.258 e. The van der Waals surface area contributed by atoms with Gasteiger partial charge >= 0.3 is 0 Å². The SMILES string of the molecule is CC(C)(C)[C@H](O)CNC(=O)COc1ccccc1Br. The fourth-order valence-electron chi connectivity index (χ4n) is 1.27. The maximum atomic E-state index is 11.6. The number of carbonyl (C=O) groups excluding carboxylic acids is 1. The van der Waals surface area contributed by atoms with Crippen LogP contribution in [-0.2, 0) is 4.79 Å². The van der Waals surface area contributed by atoms with Crippen LogP contribution in [-0.4, -0.2) is 30.3 Å². The van der Waals surface area contributed by atoms with Crippen molar-refractivity contribution in [1.82, 2.24) is 5.32 Å². The lowest BCUT2D eigenvalue weighted by Gasteiger charge is -2.25. The molecule has 0 aliphatic heterocycles. The number of nitrogens with one attached hydrogen (secondary N) is 1. The van der Waals surface area contributed by atoms with E-state index in [0.717, 1.165) is 4.47 Å². The molecule has 0 aromatic heterocycles. The zero-order chi connectivity index (χ0) is 14.5. The van der Waals surface area contributed by atoms with Gasteiger partial charge in [0, 0.05) is 6.54 Å². The van der Waals surface area contributed by atoms with Crippen LogP contribution in [0.4, 0.5) is 0 Å². The van der Waals surface area contributed by atoms with E-state index in [1.807, 2.05) is 39.0 Å². The standard InChI is InChI=1S/C14H20BrNO3/c1-14(2,3)12(17)8-16-13(18)9-19-11-7-5-4-6-10(11)15/h4-7,12,17H,8-9H2,1-3H3,(H,16,18)/t12-/m1/s1. The lowest BCUT2D eigenvalue weighted by atomic mass is 9.89. The van der Waals surface area contributed by atoms with Crippen LogP contribution in [0, 0.1) is 5.41 Å². The number of rotatable bonds is 5. The first-order valence-corrected chi connectivity index (χ1v) is 6.92. The molecule has 106 valence electrons. The fourth-order valence-corrected chi connectivity index (χ4v) is 1.67. The highest BCUT2D eigenvalue weighted by atomic mass is 79.9. The summed E-state index contributed by atoms with van der Waals surface area (Å²) in [5, 5.41) is 12.5. The summed E-state index contributed by atoms with van der Waals surface area (Å²) in [6.07, 6.45) is -0.583. The molecule has 1 amide bonds. The summed E-state index contributed by atoms with van der Waals surface area (Å²) in [4.78, 5) is 11.6. The Balaban J connectivity index is 2.35. The summed E-state index contributed by atoms with van der Waals surface area (Å²) < 4.78 is 6.18. The number of benzene rings is 1. The number of aliphatic hydroxyl groups is 1. The highest BCUT2D eigenvalue weighted by Gasteiger charge is 2.22. The van der Waals surface area contributed by atoms with Gasteiger partial charge in [-0.25, -0.2) is 0 Å². The summed E-state index contributed by atoms with van der Waals surface area (Å²) in [6, 6.07) is 7.33. The van der Waals surface area contributed by atoms with Crippen molar-refractivity contribution in [2.75, 3.05) is 13.2 Å². The first-order valence-electron chi connectivity index (χ1n) is 6.13. The van der Waals surface area contributed by atoms with E-state index in [1.165, 1.54) is 0 Å². The normalized spacial score (nSPS) is 12.9. The molecule has 0 spiro atoms. The van der Waals surface area contributed by atoms with Crippen molar-refractivity contribution in [2.24, 2.45) is 5.41 Å². The van der Waals surface area contributed by atoms with E-state index in [4.69, 9.17) is 4.74 Å². The van der Waals surface area contributed by atoms with Gasteiger partial charge in [0.25, 0.3) is 5.91 Å². The summed E-state index contributed by atoms with van der Waals surface area (Å²) in [5.74, 6) is 0.369. The number of para-hydroxylation sites is 1. The molecule has 0 aliphatic rings. The van der Waals surface area contributed by atoms with Crippen molar-refractivity contribution >= 4 is 21.8 Å². The quantitative estimate of drug-likeness (QED) is 0.871. The Morgan fingerprint density at radius 2 is 2.05 bits per heavy atom. The van der Waals surface area contributed by atoms with Gasteiger partial charge < -0.3 is 15.2 Å². The van der Waals surface area contributed by atoms with Crippen molar-refractivity contribution in [1.29, 1.82) is 0 Å². The van der Waals surface area contributed by atoms with Gasteiger partial charge in [-0.1, -0.05) is 32.9 Å². The van der Waals surface area contributed by atoms with Crippen molar-refractivity contribution in [3.05, 3.63) is 28.7 Å². The summed E-state index contributed by atoms with van der Waals surface area (Å²) >= 11 is 3.34. The van der Waals surface area contributed by atoms with E-state index in [9.17, 15) is 9.90 Å². The Morgan fingerprint density at radius 3 is 2.63 bits per heavy atom. The largest absolute Gasteiger partial charge is 0.483 e. The summed E-state index contributed by atoms with van der Waals surface area (Å²) in [7, 11) is 0. The van der Waals surface area contributed by atoms with E-state index >= 15 is 0 Å². The van der Waals surface area contributed by atoms with Crippen LogP contribution in [0.2, 0.25) is 0 Å². The molecule has 1 aromatic rings. The molecule has 1 aromatic carbocycles. The van der Waals surface area contributed by atoms with Crippen LogP contribution >= 0.6 is 15.9 Å². The average molecular weight is 330 g/mol. The molecule has 1 atom stereocenters. The zero-order valence-corrected chi connectivity index (χ0v) is 13.0. The number of amides is 1. The molecule has 0 fully saturated rings. The second-order valence-corrected chi connectivity index (χ2v) is 6.26. The van der Waals surface area contributed by atoms with Gasteiger partial charge in [0.05, 0.1) is 10.6 Å². The van der Waals surface area contributed by atoms with Gasteiger partial charge in [-0.05, 0) is 33.5 Å². The van der Waals surface area contributed by atoms with Gasteiger partial charge in [-0.3, -0.25) is 4.79 Å². The molecule has 0 aliphatic carbocycles. The number of ether oxygens (including phenoxy) is 1. The monoisotopic (exact) mass is 329 g/mol. The third-order valence-corrected chi connectivity index (χ3v) is 3.34. The van der Waals surface area contributed by atoms with Crippen LogP contribution in [0.1, 0.15) is 20.8 Å². The summed E-state index contributed by atoms with van der Waals surface area (Å²) in [6.45, 7) is 5.91. The number of aliphatic hydroxyl groups excluding tert-OH is 1. The van der Waals surface area contributed by atoms with Gasteiger partial charge in [-0.2, -0.15) is 0 Å². The topological polar surface area (TPSA) is 58.6 Å².